The fraction of sp³-hybridized carbons (Fsp3) is 0.333. The average Bonchev–Trinajstić information content (AvgIpc) is 1.85. The second-order valence-corrected chi connectivity index (χ2v) is 3.00. The molecule has 0 rings (SSSR count). The molecule has 0 unspecified atom stereocenters. The summed E-state index contributed by atoms with van der Waals surface area (Å²) in [6.07, 6.45) is 0. The van der Waals surface area contributed by atoms with E-state index in [0.717, 1.165) is 0 Å². The maximum atomic E-state index is 12.1. The third-order valence-electron chi connectivity index (χ3n) is 0.537. The van der Waals surface area contributed by atoms with Crippen molar-refractivity contribution in [1.82, 2.24) is 0 Å². The molecule has 0 aromatic rings. The van der Waals surface area contributed by atoms with Gasteiger partial charge in [0.15, 0.2) is 0 Å². The summed E-state index contributed by atoms with van der Waals surface area (Å²) in [5.74, 6) is -4.01. The van der Waals surface area contributed by atoms with E-state index in [4.69, 9.17) is 25.3 Å². The number of aliphatic carboxylic acids is 2. The van der Waals surface area contributed by atoms with Gasteiger partial charge in [0.2, 0.25) is 0 Å². The van der Waals surface area contributed by atoms with E-state index in [1.165, 1.54) is 0 Å². The molecule has 0 spiro atoms. The number of carboxylic acid groups (broad SMARTS) is 2. The zero-order valence-corrected chi connectivity index (χ0v) is 9.00. The molecule has 0 aromatic heterocycles. The van der Waals surface area contributed by atoms with Gasteiger partial charge < -0.3 is 25.3 Å². The molecule has 0 fully saturated rings. The number of carbonyl (C=O) groups is 2. The molecule has 0 aromatic carbocycles. The van der Waals surface area contributed by atoms with Crippen molar-refractivity contribution in [2.45, 2.75) is 3.68 Å². The minimum atomic E-state index is -3.20. The Hall–Kier alpha value is 0.142. The van der Waals surface area contributed by atoms with Crippen LogP contribution >= 0.6 is 22.6 Å². The van der Waals surface area contributed by atoms with Crippen LogP contribution < -0.4 is 23.9 Å². The Morgan fingerprint density at radius 2 is 1.43 bits per heavy atom. The number of hydrogen-bond donors (Lipinski definition) is 4. The molecular formula is C3H4BFILiO7. The normalized spacial score (nSPS) is 8.93. The molecule has 0 saturated carbocycles. The molecule has 0 aliphatic heterocycles. The molecule has 7 nitrogen and oxygen atoms in total. The molecule has 0 heterocycles. The van der Waals surface area contributed by atoms with Crippen molar-refractivity contribution in [2.24, 2.45) is 0 Å². The molecular weight excluding hydrogens is 312 g/mol. The first-order valence-electron chi connectivity index (χ1n) is 2.49. The number of carboxylic acids is 2. The van der Waals surface area contributed by atoms with Crippen molar-refractivity contribution in [2.75, 3.05) is 0 Å². The summed E-state index contributed by atoms with van der Waals surface area (Å²) in [5.41, 5.74) is 0. The Balaban J connectivity index is -0.000000209. The Morgan fingerprint density at radius 1 is 1.29 bits per heavy atom. The third kappa shape index (κ3) is 10.2. The molecule has 0 atom stereocenters. The smallest absolute Gasteiger partial charge is 0.832 e. The number of halogens is 2. The van der Waals surface area contributed by atoms with Gasteiger partial charge in [-0.05, 0) is 22.6 Å². The summed E-state index contributed by atoms with van der Waals surface area (Å²) in [7, 11) is -2.42. The Labute approximate surface area is 103 Å². The average molecular weight is 316 g/mol. The van der Waals surface area contributed by atoms with Gasteiger partial charge in [-0.25, -0.2) is 14.0 Å². The van der Waals surface area contributed by atoms with Crippen molar-refractivity contribution < 1.29 is 58.1 Å². The van der Waals surface area contributed by atoms with Crippen LogP contribution in [0.1, 0.15) is 0 Å². The van der Waals surface area contributed by atoms with Crippen LogP contribution in [0.3, 0.4) is 0 Å². The van der Waals surface area contributed by atoms with Crippen LogP contribution in [-0.2, 0) is 9.59 Å². The first kappa shape index (κ1) is 19.7. The molecule has 0 radical (unpaired) electrons. The largest absolute Gasteiger partial charge is 1.00 e. The van der Waals surface area contributed by atoms with Gasteiger partial charge in [-0.1, -0.05) is 0 Å². The van der Waals surface area contributed by atoms with Crippen molar-refractivity contribution >= 4 is 41.9 Å². The predicted octanol–water partition coefficient (Wildman–Crippen LogP) is -5.42. The van der Waals surface area contributed by atoms with Gasteiger partial charge >= 0.3 is 41.8 Å². The SMILES string of the molecule is O=C(O)C(F)(I)C(=O)O.[Li+].[O-]B(O)O. The summed E-state index contributed by atoms with van der Waals surface area (Å²) in [6, 6.07) is 0. The van der Waals surface area contributed by atoms with Crippen LogP contribution in [0.15, 0.2) is 0 Å². The second-order valence-electron chi connectivity index (χ2n) is 1.51. The van der Waals surface area contributed by atoms with Crippen LogP contribution in [0.25, 0.3) is 0 Å². The minimum absolute atomic E-state index is 0. The molecule has 0 saturated heterocycles. The Bertz CT molecular complexity index is 181. The van der Waals surface area contributed by atoms with Gasteiger partial charge in [0.1, 0.15) is 0 Å². The Kier molecular flexibility index (Phi) is 11.9. The molecule has 76 valence electrons. The van der Waals surface area contributed by atoms with E-state index in [2.05, 4.69) is 0 Å². The van der Waals surface area contributed by atoms with Gasteiger partial charge in [0.05, 0.1) is 0 Å². The number of hydrogen-bond acceptors (Lipinski definition) is 5. The second kappa shape index (κ2) is 8.45. The molecule has 11 heteroatoms. The number of rotatable bonds is 2. The van der Waals surface area contributed by atoms with E-state index >= 15 is 0 Å². The summed E-state index contributed by atoms with van der Waals surface area (Å²) in [4.78, 5) is 19.4. The standard InChI is InChI=1S/C3H2FIO4.BH2O3.Li/c4-3(5,1(6)7)2(8)9;2-1(3)4;/h(H,6,7)(H,8,9);2-3H;/q;-1;+1. The maximum Gasteiger partial charge on any atom is 1.00 e. The quantitative estimate of drug-likeness (QED) is 0.173. The van der Waals surface area contributed by atoms with Crippen molar-refractivity contribution in [3.05, 3.63) is 0 Å². The predicted molar refractivity (Wildman–Crippen MR) is 43.3 cm³/mol. The van der Waals surface area contributed by atoms with Gasteiger partial charge in [0, 0.05) is 0 Å². The molecule has 14 heavy (non-hydrogen) atoms. The number of alkyl halides is 2. The van der Waals surface area contributed by atoms with Gasteiger partial charge in [0.25, 0.3) is 0 Å². The van der Waals surface area contributed by atoms with Crippen LogP contribution in [0, 0.1) is 0 Å². The van der Waals surface area contributed by atoms with Crippen molar-refractivity contribution in [3.8, 4) is 0 Å². The minimum Gasteiger partial charge on any atom is -0.832 e. The van der Waals surface area contributed by atoms with Crippen LogP contribution in [-0.4, -0.2) is 43.2 Å². The third-order valence-corrected chi connectivity index (χ3v) is 1.46. The zero-order chi connectivity index (χ0) is 11.2. The first-order chi connectivity index (χ1) is 5.62. The topological polar surface area (TPSA) is 138 Å². The van der Waals surface area contributed by atoms with Gasteiger partial charge in [-0.15, -0.1) is 0 Å². The molecule has 0 aliphatic carbocycles. The molecule has 0 bridgehead atoms. The van der Waals surface area contributed by atoms with E-state index in [1.54, 1.807) is 0 Å². The van der Waals surface area contributed by atoms with Crippen LogP contribution in [0.5, 0.6) is 0 Å². The fourth-order valence-corrected chi connectivity index (χ4v) is 0.0915. The Morgan fingerprint density at radius 3 is 1.43 bits per heavy atom. The fourth-order valence-electron chi connectivity index (χ4n) is 0.0915. The van der Waals surface area contributed by atoms with E-state index in [1.807, 2.05) is 0 Å². The maximum absolute atomic E-state index is 12.1. The van der Waals surface area contributed by atoms with Crippen molar-refractivity contribution in [3.63, 3.8) is 0 Å². The van der Waals surface area contributed by atoms with E-state index < -0.39 is 22.9 Å². The van der Waals surface area contributed by atoms with E-state index in [0.29, 0.717) is 22.6 Å². The summed E-state index contributed by atoms with van der Waals surface area (Å²) in [6.45, 7) is 0. The van der Waals surface area contributed by atoms with Crippen LogP contribution in [0.4, 0.5) is 4.39 Å². The molecule has 0 amide bonds. The summed E-state index contributed by atoms with van der Waals surface area (Å²) < 4.78 is 8.93. The zero-order valence-electron chi connectivity index (χ0n) is 6.85. The summed E-state index contributed by atoms with van der Waals surface area (Å²) >= 11 is 0.690. The van der Waals surface area contributed by atoms with Gasteiger partial charge in [-0.3, -0.25) is 0 Å². The summed E-state index contributed by atoms with van der Waals surface area (Å²) in [5, 5.41) is 38.4. The van der Waals surface area contributed by atoms with E-state index in [9.17, 15) is 14.0 Å². The monoisotopic (exact) mass is 316 g/mol. The van der Waals surface area contributed by atoms with Gasteiger partial charge in [-0.2, -0.15) is 0 Å². The van der Waals surface area contributed by atoms with Crippen molar-refractivity contribution in [1.29, 1.82) is 0 Å². The van der Waals surface area contributed by atoms with Crippen LogP contribution in [0.2, 0.25) is 0 Å². The first-order valence-corrected chi connectivity index (χ1v) is 3.56. The molecule has 4 N–H and O–H groups in total. The van der Waals surface area contributed by atoms with E-state index in [-0.39, 0.29) is 18.9 Å². The molecule has 0 aliphatic rings.